The molecule has 1 fully saturated rings. The summed E-state index contributed by atoms with van der Waals surface area (Å²) in [4.78, 5) is 35.8. The zero-order valence-electron chi connectivity index (χ0n) is 39.4. The highest BCUT2D eigenvalue weighted by molar-refractivity contribution is 7.47. The number of rotatable bonds is 42. The summed E-state index contributed by atoms with van der Waals surface area (Å²) in [6.07, 6.45) is 30.8. The Balaban J connectivity index is 2.41. The second-order valence-corrected chi connectivity index (χ2v) is 19.1. The molecule has 0 aliphatic heterocycles. The third kappa shape index (κ3) is 31.8. The van der Waals surface area contributed by atoms with Gasteiger partial charge >= 0.3 is 19.8 Å². The van der Waals surface area contributed by atoms with Gasteiger partial charge in [0.2, 0.25) is 0 Å². The summed E-state index contributed by atoms with van der Waals surface area (Å²) < 4.78 is 33.6. The van der Waals surface area contributed by atoms with Crippen LogP contribution in [-0.4, -0.2) is 98.3 Å². The van der Waals surface area contributed by atoms with E-state index in [9.17, 15) is 44.6 Å². The fourth-order valence-electron chi connectivity index (χ4n) is 7.73. The standard InChI is InChI=1S/C49H91O13P/c1-3-5-7-9-11-13-15-17-19-21-23-25-27-29-31-33-35-37-42(50)59-39-41(40-60-63(57,58)62-49-47(55)45(53)44(52)46(54)48(49)56)61-43(51)38-36-34-32-30-28-26-24-22-20-18-16-14-12-10-8-6-4-2/h11,13,17,19,41,44-49,52-56H,3-10,12,14-16,18,20-40H2,1-2H3,(H,57,58)/b13-11+,19-17+/t41-,44?,45-,46?,47?,48?,49?/m0/s1. The molecule has 14 heteroatoms. The van der Waals surface area contributed by atoms with Crippen molar-refractivity contribution in [3.63, 3.8) is 0 Å². The second kappa shape index (κ2) is 39.5. The van der Waals surface area contributed by atoms with Gasteiger partial charge in [-0.3, -0.25) is 18.6 Å². The Labute approximate surface area is 381 Å². The van der Waals surface area contributed by atoms with Crippen LogP contribution in [0.25, 0.3) is 0 Å². The van der Waals surface area contributed by atoms with Crippen LogP contribution in [0.5, 0.6) is 0 Å². The molecule has 63 heavy (non-hydrogen) atoms. The highest BCUT2D eigenvalue weighted by Gasteiger charge is 2.51. The van der Waals surface area contributed by atoms with E-state index in [1.807, 2.05) is 0 Å². The van der Waals surface area contributed by atoms with Crippen molar-refractivity contribution < 1.29 is 63.1 Å². The summed E-state index contributed by atoms with van der Waals surface area (Å²) in [6, 6.07) is 0. The van der Waals surface area contributed by atoms with Gasteiger partial charge in [-0.05, 0) is 44.9 Å². The van der Waals surface area contributed by atoms with Crippen LogP contribution in [-0.2, 0) is 32.7 Å². The molecule has 1 saturated carbocycles. The van der Waals surface area contributed by atoms with E-state index in [1.54, 1.807) is 0 Å². The number of aliphatic hydroxyl groups is 5. The maximum Gasteiger partial charge on any atom is 0.472 e. The Morgan fingerprint density at radius 1 is 0.492 bits per heavy atom. The summed E-state index contributed by atoms with van der Waals surface area (Å²) in [5.41, 5.74) is 0. The number of phosphoric acid groups is 1. The average Bonchev–Trinajstić information content (AvgIpc) is 3.26. The first-order chi connectivity index (χ1) is 30.4. The lowest BCUT2D eigenvalue weighted by Gasteiger charge is -2.41. The van der Waals surface area contributed by atoms with E-state index in [1.165, 1.54) is 116 Å². The number of hydrogen-bond donors (Lipinski definition) is 6. The van der Waals surface area contributed by atoms with Crippen molar-refractivity contribution in [1.82, 2.24) is 0 Å². The summed E-state index contributed by atoms with van der Waals surface area (Å²) in [7, 11) is -5.12. The molecule has 0 aromatic rings. The normalized spacial score (nSPS) is 21.8. The van der Waals surface area contributed by atoms with Crippen LogP contribution in [0.15, 0.2) is 24.3 Å². The van der Waals surface area contributed by atoms with E-state index in [-0.39, 0.29) is 12.8 Å². The van der Waals surface area contributed by atoms with E-state index in [2.05, 4.69) is 38.2 Å². The first-order valence-corrected chi connectivity index (χ1v) is 26.6. The fourth-order valence-corrected chi connectivity index (χ4v) is 8.70. The zero-order chi connectivity index (χ0) is 46.4. The van der Waals surface area contributed by atoms with Gasteiger partial charge in [0.25, 0.3) is 0 Å². The molecule has 0 spiro atoms. The van der Waals surface area contributed by atoms with Crippen molar-refractivity contribution in [3.05, 3.63) is 24.3 Å². The smallest absolute Gasteiger partial charge is 0.462 e. The van der Waals surface area contributed by atoms with Crippen molar-refractivity contribution in [3.8, 4) is 0 Å². The summed E-state index contributed by atoms with van der Waals surface area (Å²) in [6.45, 7) is 3.30. The van der Waals surface area contributed by atoms with Crippen LogP contribution >= 0.6 is 7.82 Å². The van der Waals surface area contributed by atoms with Crippen LogP contribution in [0.2, 0.25) is 0 Å². The minimum Gasteiger partial charge on any atom is -0.462 e. The number of carbonyl (C=O) groups is 2. The molecule has 0 saturated heterocycles. The van der Waals surface area contributed by atoms with Crippen molar-refractivity contribution in [2.75, 3.05) is 13.2 Å². The Morgan fingerprint density at radius 3 is 1.32 bits per heavy atom. The molecule has 0 radical (unpaired) electrons. The van der Waals surface area contributed by atoms with Gasteiger partial charge in [-0.25, -0.2) is 4.57 Å². The number of phosphoric ester groups is 1. The third-order valence-electron chi connectivity index (χ3n) is 11.8. The number of unbranched alkanes of at least 4 members (excludes halogenated alkanes) is 26. The monoisotopic (exact) mass is 919 g/mol. The summed E-state index contributed by atoms with van der Waals surface area (Å²) >= 11 is 0. The molecule has 0 aromatic heterocycles. The number of aliphatic hydroxyl groups excluding tert-OH is 5. The highest BCUT2D eigenvalue weighted by Crippen LogP contribution is 2.47. The molecule has 1 aliphatic rings. The Morgan fingerprint density at radius 2 is 0.857 bits per heavy atom. The molecule has 0 amide bonds. The van der Waals surface area contributed by atoms with Crippen molar-refractivity contribution in [2.24, 2.45) is 0 Å². The molecular weight excluding hydrogens is 827 g/mol. The molecular formula is C49H91O13P. The minimum absolute atomic E-state index is 0.0997. The molecule has 6 unspecified atom stereocenters. The number of carbonyl (C=O) groups excluding carboxylic acids is 2. The molecule has 1 aliphatic carbocycles. The minimum atomic E-state index is -5.12. The molecule has 13 nitrogen and oxygen atoms in total. The highest BCUT2D eigenvalue weighted by atomic mass is 31.2. The van der Waals surface area contributed by atoms with Crippen LogP contribution < -0.4 is 0 Å². The van der Waals surface area contributed by atoms with E-state index in [0.717, 1.165) is 64.2 Å². The van der Waals surface area contributed by atoms with Crippen LogP contribution in [0.3, 0.4) is 0 Å². The Bertz CT molecular complexity index is 1200. The quantitative estimate of drug-likeness (QED) is 0.0146. The SMILES string of the molecule is CCCCC/C=C/C/C=C/CCCCCCCCCC(=O)OC[C@@H](COP(=O)(O)OC1C(O)C(O)C(O)[C@H](O)C1O)OC(=O)CCCCCCCCCCCCCCCCCCC. The molecule has 1 rings (SSSR count). The van der Waals surface area contributed by atoms with E-state index in [0.29, 0.717) is 12.8 Å². The van der Waals surface area contributed by atoms with Crippen molar-refractivity contribution in [1.29, 1.82) is 0 Å². The van der Waals surface area contributed by atoms with Crippen LogP contribution in [0.4, 0.5) is 0 Å². The largest absolute Gasteiger partial charge is 0.472 e. The Hall–Kier alpha value is -1.67. The molecule has 6 N–H and O–H groups in total. The van der Waals surface area contributed by atoms with Crippen molar-refractivity contribution >= 4 is 19.8 Å². The number of esters is 2. The average molecular weight is 919 g/mol. The van der Waals surface area contributed by atoms with Gasteiger partial charge in [0, 0.05) is 12.8 Å². The molecule has 0 bridgehead atoms. The zero-order valence-corrected chi connectivity index (χ0v) is 40.3. The third-order valence-corrected chi connectivity index (χ3v) is 12.8. The Kier molecular flexibility index (Phi) is 37.2. The van der Waals surface area contributed by atoms with E-state index >= 15 is 0 Å². The van der Waals surface area contributed by atoms with Gasteiger partial charge in [0.15, 0.2) is 6.10 Å². The van der Waals surface area contributed by atoms with Crippen LogP contribution in [0.1, 0.15) is 219 Å². The van der Waals surface area contributed by atoms with Gasteiger partial charge in [-0.15, -0.1) is 0 Å². The maximum atomic E-state index is 12.8. The van der Waals surface area contributed by atoms with Gasteiger partial charge in [0.1, 0.15) is 43.2 Å². The molecule has 0 heterocycles. The van der Waals surface area contributed by atoms with E-state index < -0.39 is 75.7 Å². The number of hydrogen-bond acceptors (Lipinski definition) is 12. The lowest BCUT2D eigenvalue weighted by atomic mass is 9.85. The van der Waals surface area contributed by atoms with Gasteiger partial charge in [-0.2, -0.15) is 0 Å². The first kappa shape index (κ1) is 59.3. The van der Waals surface area contributed by atoms with Gasteiger partial charge < -0.3 is 39.9 Å². The number of ether oxygens (including phenoxy) is 2. The van der Waals surface area contributed by atoms with Gasteiger partial charge in [0.05, 0.1) is 6.61 Å². The first-order valence-electron chi connectivity index (χ1n) is 25.1. The predicted molar refractivity (Wildman–Crippen MR) is 249 cm³/mol. The molecule has 0 aromatic carbocycles. The topological polar surface area (TPSA) is 210 Å². The van der Waals surface area contributed by atoms with E-state index in [4.69, 9.17) is 18.5 Å². The molecule has 8 atom stereocenters. The fraction of sp³-hybridized carbons (Fsp3) is 0.878. The molecule has 370 valence electrons. The van der Waals surface area contributed by atoms with Crippen LogP contribution in [0, 0.1) is 0 Å². The second-order valence-electron chi connectivity index (χ2n) is 17.7. The maximum absolute atomic E-state index is 12.8. The van der Waals surface area contributed by atoms with Gasteiger partial charge in [-0.1, -0.05) is 186 Å². The number of allylic oxidation sites excluding steroid dienone is 4. The summed E-state index contributed by atoms with van der Waals surface area (Å²) in [5, 5.41) is 50.2. The van der Waals surface area contributed by atoms with Crippen molar-refractivity contribution in [2.45, 2.75) is 262 Å². The lowest BCUT2D eigenvalue weighted by molar-refractivity contribution is -0.220. The lowest BCUT2D eigenvalue weighted by Crippen LogP contribution is -2.64. The predicted octanol–water partition coefficient (Wildman–Crippen LogP) is 10.4. The summed E-state index contributed by atoms with van der Waals surface area (Å²) in [5.74, 6) is -1.10.